The van der Waals surface area contributed by atoms with Crippen molar-refractivity contribution in [1.82, 2.24) is 10.6 Å². The summed E-state index contributed by atoms with van der Waals surface area (Å²) < 4.78 is 0. The first-order valence-corrected chi connectivity index (χ1v) is 4.94. The van der Waals surface area contributed by atoms with Crippen LogP contribution in [0.5, 0.6) is 0 Å². The van der Waals surface area contributed by atoms with Gasteiger partial charge in [-0.3, -0.25) is 4.79 Å². The number of rotatable bonds is 4. The van der Waals surface area contributed by atoms with Crippen molar-refractivity contribution in [2.45, 2.75) is 31.7 Å². The van der Waals surface area contributed by atoms with Gasteiger partial charge in [0.25, 0.3) is 0 Å². The van der Waals surface area contributed by atoms with Gasteiger partial charge in [-0.2, -0.15) is 0 Å². The molecule has 3 heteroatoms. The Bertz CT molecular complexity index is 174. The highest BCUT2D eigenvalue weighted by molar-refractivity contribution is 5.76. The van der Waals surface area contributed by atoms with Crippen LogP contribution in [0, 0.1) is 0 Å². The molecular formula is C10H18N2O. The number of nitrogens with one attached hydrogen (secondary N) is 2. The second-order valence-corrected chi connectivity index (χ2v) is 3.44. The zero-order valence-electron chi connectivity index (χ0n) is 8.01. The van der Waals surface area contributed by atoms with Gasteiger partial charge in [0, 0.05) is 19.0 Å². The lowest BCUT2D eigenvalue weighted by atomic mass is 10.1. The van der Waals surface area contributed by atoms with Crippen molar-refractivity contribution in [3.63, 3.8) is 0 Å². The van der Waals surface area contributed by atoms with Gasteiger partial charge in [-0.1, -0.05) is 6.08 Å². The van der Waals surface area contributed by atoms with E-state index in [-0.39, 0.29) is 5.91 Å². The van der Waals surface area contributed by atoms with Crippen LogP contribution >= 0.6 is 0 Å². The Morgan fingerprint density at radius 1 is 1.69 bits per heavy atom. The maximum Gasteiger partial charge on any atom is 0.220 e. The molecule has 1 rings (SSSR count). The Morgan fingerprint density at radius 3 is 3.15 bits per heavy atom. The zero-order chi connectivity index (χ0) is 9.52. The van der Waals surface area contributed by atoms with E-state index >= 15 is 0 Å². The molecule has 1 amide bonds. The van der Waals surface area contributed by atoms with Crippen LogP contribution < -0.4 is 10.6 Å². The molecule has 1 heterocycles. The Morgan fingerprint density at radius 2 is 2.54 bits per heavy atom. The molecule has 0 spiro atoms. The summed E-state index contributed by atoms with van der Waals surface area (Å²) in [6.07, 6.45) is 5.38. The summed E-state index contributed by atoms with van der Waals surface area (Å²) in [5.74, 6) is 0.147. The molecule has 0 aromatic heterocycles. The summed E-state index contributed by atoms with van der Waals surface area (Å²) in [6, 6.07) is 0.339. The maximum atomic E-state index is 11.3. The Balaban J connectivity index is 2.14. The summed E-state index contributed by atoms with van der Waals surface area (Å²) in [5, 5.41) is 6.27. The minimum Gasteiger partial charge on any atom is -0.352 e. The molecule has 1 aliphatic rings. The quantitative estimate of drug-likeness (QED) is 0.632. The fourth-order valence-electron chi connectivity index (χ4n) is 1.51. The Kier molecular flexibility index (Phi) is 4.54. The van der Waals surface area contributed by atoms with Crippen molar-refractivity contribution in [3.05, 3.63) is 12.7 Å². The van der Waals surface area contributed by atoms with Gasteiger partial charge >= 0.3 is 0 Å². The topological polar surface area (TPSA) is 41.1 Å². The number of allylic oxidation sites excluding steroid dienone is 1. The van der Waals surface area contributed by atoms with Gasteiger partial charge < -0.3 is 10.6 Å². The van der Waals surface area contributed by atoms with E-state index in [2.05, 4.69) is 17.2 Å². The molecule has 2 N–H and O–H groups in total. The van der Waals surface area contributed by atoms with Crippen LogP contribution in [-0.2, 0) is 4.79 Å². The van der Waals surface area contributed by atoms with Crippen LogP contribution in [0.1, 0.15) is 25.7 Å². The van der Waals surface area contributed by atoms with Crippen LogP contribution in [0.25, 0.3) is 0 Å². The van der Waals surface area contributed by atoms with Crippen molar-refractivity contribution in [3.8, 4) is 0 Å². The molecule has 13 heavy (non-hydrogen) atoms. The molecule has 0 aliphatic carbocycles. The summed E-state index contributed by atoms with van der Waals surface area (Å²) >= 11 is 0. The van der Waals surface area contributed by atoms with Crippen LogP contribution in [0.4, 0.5) is 0 Å². The van der Waals surface area contributed by atoms with Gasteiger partial charge in [0.2, 0.25) is 5.91 Å². The van der Waals surface area contributed by atoms with Crippen LogP contribution in [0.2, 0.25) is 0 Å². The first-order valence-electron chi connectivity index (χ1n) is 4.94. The third-order valence-corrected chi connectivity index (χ3v) is 2.24. The van der Waals surface area contributed by atoms with Crippen molar-refractivity contribution in [2.24, 2.45) is 0 Å². The van der Waals surface area contributed by atoms with Crippen LogP contribution in [0.15, 0.2) is 12.7 Å². The number of hydrogen-bond acceptors (Lipinski definition) is 2. The second kappa shape index (κ2) is 5.75. The van der Waals surface area contributed by atoms with E-state index in [9.17, 15) is 4.79 Å². The van der Waals surface area contributed by atoms with Crippen molar-refractivity contribution >= 4 is 5.91 Å². The average molecular weight is 182 g/mol. The number of carbonyl (C=O) groups excluding carboxylic acids is 1. The lowest BCUT2D eigenvalue weighted by Gasteiger charge is -2.23. The molecule has 0 aromatic carbocycles. The Hall–Kier alpha value is -0.830. The summed E-state index contributed by atoms with van der Waals surface area (Å²) in [7, 11) is 0. The Labute approximate surface area is 79.6 Å². The molecule has 3 nitrogen and oxygen atoms in total. The molecular weight excluding hydrogens is 164 g/mol. The SMILES string of the molecule is C=CCCC(=O)N[C@H]1CCCNC1. The average Bonchev–Trinajstić information content (AvgIpc) is 2.16. The van der Waals surface area contributed by atoms with E-state index in [1.807, 2.05) is 0 Å². The lowest BCUT2D eigenvalue weighted by Crippen LogP contribution is -2.45. The zero-order valence-corrected chi connectivity index (χ0v) is 8.01. The fourth-order valence-corrected chi connectivity index (χ4v) is 1.51. The molecule has 74 valence electrons. The first-order chi connectivity index (χ1) is 6.33. The molecule has 0 unspecified atom stereocenters. The largest absolute Gasteiger partial charge is 0.352 e. The lowest BCUT2D eigenvalue weighted by molar-refractivity contribution is -0.121. The molecule has 1 saturated heterocycles. The highest BCUT2D eigenvalue weighted by Gasteiger charge is 2.14. The predicted molar refractivity (Wildman–Crippen MR) is 53.5 cm³/mol. The van der Waals surface area contributed by atoms with Gasteiger partial charge in [0.15, 0.2) is 0 Å². The van der Waals surface area contributed by atoms with Gasteiger partial charge in [0.1, 0.15) is 0 Å². The van der Waals surface area contributed by atoms with Gasteiger partial charge in [-0.25, -0.2) is 0 Å². The van der Waals surface area contributed by atoms with E-state index in [4.69, 9.17) is 0 Å². The molecule has 0 saturated carbocycles. The minimum absolute atomic E-state index is 0.147. The van der Waals surface area contributed by atoms with Gasteiger partial charge in [-0.05, 0) is 25.8 Å². The molecule has 0 bridgehead atoms. The van der Waals surface area contributed by atoms with Crippen molar-refractivity contribution < 1.29 is 4.79 Å². The van der Waals surface area contributed by atoms with E-state index < -0.39 is 0 Å². The third-order valence-electron chi connectivity index (χ3n) is 2.24. The highest BCUT2D eigenvalue weighted by Crippen LogP contribution is 2.01. The summed E-state index contributed by atoms with van der Waals surface area (Å²) in [5.41, 5.74) is 0. The van der Waals surface area contributed by atoms with E-state index in [0.29, 0.717) is 12.5 Å². The van der Waals surface area contributed by atoms with Crippen molar-refractivity contribution in [1.29, 1.82) is 0 Å². The molecule has 0 radical (unpaired) electrons. The third kappa shape index (κ3) is 4.08. The van der Waals surface area contributed by atoms with Crippen LogP contribution in [-0.4, -0.2) is 25.0 Å². The number of carbonyl (C=O) groups is 1. The van der Waals surface area contributed by atoms with Crippen molar-refractivity contribution in [2.75, 3.05) is 13.1 Å². The van der Waals surface area contributed by atoms with E-state index in [1.165, 1.54) is 0 Å². The summed E-state index contributed by atoms with van der Waals surface area (Å²) in [6.45, 7) is 5.59. The maximum absolute atomic E-state index is 11.3. The van der Waals surface area contributed by atoms with Crippen LogP contribution in [0.3, 0.4) is 0 Å². The minimum atomic E-state index is 0.147. The van der Waals surface area contributed by atoms with E-state index in [0.717, 1.165) is 32.4 Å². The normalized spacial score (nSPS) is 22.3. The number of piperidine rings is 1. The molecule has 0 aromatic rings. The molecule has 1 atom stereocenters. The van der Waals surface area contributed by atoms with Gasteiger partial charge in [0.05, 0.1) is 0 Å². The smallest absolute Gasteiger partial charge is 0.220 e. The molecule has 1 aliphatic heterocycles. The number of hydrogen-bond donors (Lipinski definition) is 2. The monoisotopic (exact) mass is 182 g/mol. The highest BCUT2D eigenvalue weighted by atomic mass is 16.1. The second-order valence-electron chi connectivity index (χ2n) is 3.44. The number of amides is 1. The standard InChI is InChI=1S/C10H18N2O/c1-2-3-6-10(13)12-9-5-4-7-11-8-9/h2,9,11H,1,3-8H2,(H,12,13)/t9-/m0/s1. The predicted octanol–water partition coefficient (Wildman–Crippen LogP) is 0.821. The van der Waals surface area contributed by atoms with Gasteiger partial charge in [-0.15, -0.1) is 6.58 Å². The summed E-state index contributed by atoms with van der Waals surface area (Å²) in [4.78, 5) is 11.3. The molecule has 1 fully saturated rings. The fraction of sp³-hybridized carbons (Fsp3) is 0.700. The first kappa shape index (κ1) is 10.3. The van der Waals surface area contributed by atoms with E-state index in [1.54, 1.807) is 6.08 Å².